The fourth-order valence-electron chi connectivity index (χ4n) is 8.43. The lowest BCUT2D eigenvalue weighted by atomic mass is 9.74. The molecule has 1 spiro atoms. The first-order chi connectivity index (χ1) is 22.0. The normalized spacial score (nSPS) is 18.7. The number of alkyl carbamates (subject to hydrolysis) is 1. The molecule has 0 saturated heterocycles. The number of aromatic amines is 1. The van der Waals surface area contributed by atoms with Crippen LogP contribution in [0.4, 0.5) is 4.79 Å². The van der Waals surface area contributed by atoms with Crippen LogP contribution in [0.25, 0.3) is 34.1 Å². The Morgan fingerprint density at radius 3 is 2.69 bits per heavy atom. The molecule has 7 rings (SSSR count). The molecule has 1 aromatic heterocycles. The highest BCUT2D eigenvalue weighted by atomic mass is 16.5. The Labute approximate surface area is 264 Å². The van der Waals surface area contributed by atoms with Crippen LogP contribution in [0.3, 0.4) is 0 Å². The number of ether oxygens (including phenoxy) is 1. The Kier molecular flexibility index (Phi) is 8.13. The maximum atomic E-state index is 11.9. The van der Waals surface area contributed by atoms with Crippen molar-refractivity contribution in [3.63, 3.8) is 0 Å². The average molecular weight is 605 g/mol. The Bertz CT molecular complexity index is 1850. The summed E-state index contributed by atoms with van der Waals surface area (Å²) < 4.78 is 4.83. The summed E-state index contributed by atoms with van der Waals surface area (Å²) in [5, 5.41) is 20.8. The third-order valence-corrected chi connectivity index (χ3v) is 10.6. The van der Waals surface area contributed by atoms with Gasteiger partial charge >= 0.3 is 6.09 Å². The van der Waals surface area contributed by atoms with E-state index in [1.54, 1.807) is 5.56 Å². The molecule has 3 aliphatic carbocycles. The molecule has 1 fully saturated rings. The van der Waals surface area contributed by atoms with Gasteiger partial charge in [0.25, 0.3) is 0 Å². The first-order valence-electron chi connectivity index (χ1n) is 16.6. The van der Waals surface area contributed by atoms with Crippen LogP contribution in [0.2, 0.25) is 0 Å². The standard InChI is InChI=1S/C38H44N4O3/c1-39-21-7-8-25(23-40-37(44)45-2)36-41-32-15-11-24(22-33(32)42-36)26-12-13-29(31-17-20-38(35(26)31)18-5-6-19-38)28-14-16-34(43)30-10-4-3-9-27(28)30/h3-4,9-10,12-16,22,24-25,39,43H,5-8,11,17-21,23H2,1-2H3,(H,40,44)(H,41,42). The van der Waals surface area contributed by atoms with Gasteiger partial charge in [0.1, 0.15) is 11.6 Å². The second-order valence-electron chi connectivity index (χ2n) is 13.2. The molecule has 1 heterocycles. The maximum Gasteiger partial charge on any atom is 0.406 e. The predicted octanol–water partition coefficient (Wildman–Crippen LogP) is 5.88. The number of H-pyrrole nitrogens is 1. The number of nitrogens with zero attached hydrogens (tertiary/aromatic N) is 1. The van der Waals surface area contributed by atoms with Crippen LogP contribution in [0.15, 0.2) is 48.5 Å². The fraction of sp³-hybridized carbons (Fsp3) is 0.421. The van der Waals surface area contributed by atoms with Crippen molar-refractivity contribution in [3.05, 3.63) is 81.7 Å². The van der Waals surface area contributed by atoms with E-state index in [-0.39, 0.29) is 17.3 Å². The number of hydrogen-bond donors (Lipinski definition) is 4. The topological polar surface area (TPSA) is 99.3 Å². The van der Waals surface area contributed by atoms with Crippen LogP contribution in [0.1, 0.15) is 85.7 Å². The minimum atomic E-state index is -0.415. The molecule has 4 N–H and O–H groups in total. The van der Waals surface area contributed by atoms with Crippen molar-refractivity contribution >= 4 is 29.0 Å². The minimum Gasteiger partial charge on any atom is -0.507 e. The van der Waals surface area contributed by atoms with Crippen molar-refractivity contribution in [1.82, 2.24) is 20.6 Å². The molecule has 4 aromatic rings. The van der Waals surface area contributed by atoms with Gasteiger partial charge in [0.2, 0.25) is 0 Å². The van der Waals surface area contributed by atoms with Crippen molar-refractivity contribution in [2.75, 3.05) is 27.2 Å². The van der Waals surface area contributed by atoms with Crippen LogP contribution in [-0.2, 0) is 16.6 Å². The van der Waals surface area contributed by atoms with E-state index in [1.807, 2.05) is 25.2 Å². The third-order valence-electron chi connectivity index (χ3n) is 10.6. The number of fused-ring (bicyclic) bond motifs is 4. The third kappa shape index (κ3) is 5.41. The van der Waals surface area contributed by atoms with Crippen molar-refractivity contribution < 1.29 is 14.6 Å². The highest BCUT2D eigenvalue weighted by Gasteiger charge is 2.44. The van der Waals surface area contributed by atoms with Gasteiger partial charge in [0, 0.05) is 23.8 Å². The molecule has 234 valence electrons. The monoisotopic (exact) mass is 604 g/mol. The summed E-state index contributed by atoms with van der Waals surface area (Å²) in [7, 11) is 3.36. The summed E-state index contributed by atoms with van der Waals surface area (Å²) >= 11 is 0. The number of rotatable bonds is 9. The minimum absolute atomic E-state index is 0.0775. The van der Waals surface area contributed by atoms with E-state index in [4.69, 9.17) is 9.72 Å². The number of carbonyl (C=O) groups is 1. The molecule has 0 radical (unpaired) electrons. The molecule has 3 aromatic carbocycles. The quantitative estimate of drug-likeness (QED) is 0.179. The number of methoxy groups -OCH3 is 1. The predicted molar refractivity (Wildman–Crippen MR) is 180 cm³/mol. The summed E-state index contributed by atoms with van der Waals surface area (Å²) in [5.41, 5.74) is 7.37. The Hall–Kier alpha value is -4.10. The zero-order valence-corrected chi connectivity index (χ0v) is 26.4. The van der Waals surface area contributed by atoms with Gasteiger partial charge in [-0.15, -0.1) is 0 Å². The van der Waals surface area contributed by atoms with Gasteiger partial charge in [-0.1, -0.05) is 67.5 Å². The number of nitrogens with one attached hydrogen (secondary N) is 3. The summed E-state index contributed by atoms with van der Waals surface area (Å²) in [6, 6.07) is 16.9. The zero-order valence-electron chi connectivity index (χ0n) is 26.4. The van der Waals surface area contributed by atoms with Gasteiger partial charge in [0.05, 0.1) is 17.8 Å². The van der Waals surface area contributed by atoms with E-state index >= 15 is 0 Å². The average Bonchev–Trinajstić information content (AvgIpc) is 3.82. The maximum absolute atomic E-state index is 11.9. The van der Waals surface area contributed by atoms with Crippen molar-refractivity contribution in [1.29, 1.82) is 0 Å². The molecule has 0 aliphatic heterocycles. The smallest absolute Gasteiger partial charge is 0.406 e. The highest BCUT2D eigenvalue weighted by molar-refractivity contribution is 6.00. The number of phenols is 1. The number of imidazole rings is 1. The molecular formula is C38H44N4O3. The second kappa shape index (κ2) is 12.4. The number of hydrogen-bond acceptors (Lipinski definition) is 5. The molecule has 1 amide bonds. The van der Waals surface area contributed by atoms with Gasteiger partial charge in [-0.3, -0.25) is 0 Å². The molecule has 1 saturated carbocycles. The van der Waals surface area contributed by atoms with Crippen LogP contribution >= 0.6 is 0 Å². The highest BCUT2D eigenvalue weighted by Crippen LogP contribution is 2.55. The molecule has 7 nitrogen and oxygen atoms in total. The second-order valence-corrected chi connectivity index (χ2v) is 13.2. The van der Waals surface area contributed by atoms with Crippen molar-refractivity contribution in [2.24, 2.45) is 0 Å². The number of carbonyl (C=O) groups excluding carboxylic acids is 1. The number of aromatic nitrogens is 2. The molecular weight excluding hydrogens is 560 g/mol. The van der Waals surface area contributed by atoms with Crippen LogP contribution in [0, 0.1) is 0 Å². The van der Waals surface area contributed by atoms with Gasteiger partial charge in [-0.25, -0.2) is 9.78 Å². The van der Waals surface area contributed by atoms with E-state index in [1.165, 1.54) is 61.5 Å². The number of aromatic hydroxyl groups is 1. The molecule has 2 atom stereocenters. The molecule has 3 aliphatic rings. The summed E-state index contributed by atoms with van der Waals surface area (Å²) in [4.78, 5) is 20.5. The first-order valence-corrected chi connectivity index (χ1v) is 16.6. The van der Waals surface area contributed by atoms with E-state index in [9.17, 15) is 9.90 Å². The number of amides is 1. The lowest BCUT2D eigenvalue weighted by Crippen LogP contribution is -2.29. The molecule has 0 bridgehead atoms. The van der Waals surface area contributed by atoms with Crippen molar-refractivity contribution in [2.45, 2.75) is 75.0 Å². The lowest BCUT2D eigenvalue weighted by Gasteiger charge is -2.30. The van der Waals surface area contributed by atoms with E-state index < -0.39 is 6.09 Å². The summed E-state index contributed by atoms with van der Waals surface area (Å²) in [6.45, 7) is 1.40. The van der Waals surface area contributed by atoms with Crippen LogP contribution in [0.5, 0.6) is 5.75 Å². The number of phenolic OH excluding ortho intramolecular Hbond substituents is 1. The first kappa shape index (κ1) is 29.6. The molecule has 7 heteroatoms. The molecule has 2 unspecified atom stereocenters. The Morgan fingerprint density at radius 1 is 1.09 bits per heavy atom. The van der Waals surface area contributed by atoms with Crippen molar-refractivity contribution in [3.8, 4) is 16.9 Å². The summed E-state index contributed by atoms with van der Waals surface area (Å²) in [6.07, 6.45) is 14.6. The van der Waals surface area contributed by atoms with Crippen LogP contribution in [-0.4, -0.2) is 48.4 Å². The van der Waals surface area contributed by atoms with Gasteiger partial charge in [-0.2, -0.15) is 0 Å². The largest absolute Gasteiger partial charge is 0.507 e. The lowest BCUT2D eigenvalue weighted by molar-refractivity contribution is 0.170. The Morgan fingerprint density at radius 2 is 1.89 bits per heavy atom. The van der Waals surface area contributed by atoms with Gasteiger partial charge < -0.3 is 25.5 Å². The number of benzene rings is 3. The van der Waals surface area contributed by atoms with Gasteiger partial charge in [-0.05, 0) is 103 Å². The van der Waals surface area contributed by atoms with E-state index in [0.29, 0.717) is 12.3 Å². The fourth-order valence-corrected chi connectivity index (χ4v) is 8.43. The zero-order chi connectivity index (χ0) is 31.0. The van der Waals surface area contributed by atoms with E-state index in [2.05, 4.69) is 58.1 Å². The SMILES string of the molecule is CNCCCC(CNC(=O)OC)c1nc2c([nH]1)=CC(c1ccc(-c3ccc(O)c4ccccc34)c3c1C1(CCCC1)CC3)CC=2. The van der Waals surface area contributed by atoms with Gasteiger partial charge in [0.15, 0.2) is 0 Å². The summed E-state index contributed by atoms with van der Waals surface area (Å²) in [5.74, 6) is 1.61. The van der Waals surface area contributed by atoms with E-state index in [0.717, 1.165) is 59.5 Å². The molecule has 45 heavy (non-hydrogen) atoms. The van der Waals surface area contributed by atoms with Crippen LogP contribution < -0.4 is 21.3 Å². The Balaban J connectivity index is 1.28.